The molecule has 7 nitrogen and oxygen atoms in total. The van der Waals surface area contributed by atoms with Crippen LogP contribution in [0.2, 0.25) is 0 Å². The summed E-state index contributed by atoms with van der Waals surface area (Å²) < 4.78 is 55.1. The number of aromatic nitrogens is 4. The molecule has 4 aromatic rings. The van der Waals surface area contributed by atoms with Crippen LogP contribution in [0, 0.1) is 18.8 Å². The number of alkyl halides is 4. The summed E-state index contributed by atoms with van der Waals surface area (Å²) in [7, 11) is 3.62. The van der Waals surface area contributed by atoms with Crippen LogP contribution in [-0.2, 0) is 25.9 Å². The summed E-state index contributed by atoms with van der Waals surface area (Å²) in [6.45, 7) is 3.24. The summed E-state index contributed by atoms with van der Waals surface area (Å²) in [5, 5.41) is 0.991. The Hall–Kier alpha value is -4.02. The maximum Gasteiger partial charge on any atom is 0.416 e. The van der Waals surface area contributed by atoms with Crippen LogP contribution in [0.1, 0.15) is 53.5 Å². The second kappa shape index (κ2) is 12.2. The number of nitrogens with zero attached hydrogens (tertiary/aromatic N) is 7. The molecule has 0 spiro atoms. The van der Waals surface area contributed by atoms with Crippen LogP contribution < -0.4 is 14.7 Å². The van der Waals surface area contributed by atoms with E-state index in [1.54, 1.807) is 4.90 Å². The van der Waals surface area contributed by atoms with Gasteiger partial charge in [-0.25, -0.2) is 19.3 Å². The van der Waals surface area contributed by atoms with Gasteiger partial charge in [0.2, 0.25) is 11.9 Å². The zero-order chi connectivity index (χ0) is 31.0. The Morgan fingerprint density at radius 2 is 1.50 bits per heavy atom. The fraction of sp³-hybridized carbons (Fsp3) is 0.455. The van der Waals surface area contributed by atoms with Gasteiger partial charge in [0, 0.05) is 51.2 Å². The molecule has 232 valence electrons. The normalized spacial score (nSPS) is 15.1. The molecule has 0 bridgehead atoms. The second-order valence-electron chi connectivity index (χ2n) is 12.4. The van der Waals surface area contributed by atoms with E-state index in [2.05, 4.69) is 38.9 Å². The number of benzene rings is 2. The zero-order valence-corrected chi connectivity index (χ0v) is 25.3. The van der Waals surface area contributed by atoms with Gasteiger partial charge in [-0.15, -0.1) is 0 Å². The predicted molar refractivity (Wildman–Crippen MR) is 164 cm³/mol. The van der Waals surface area contributed by atoms with Crippen LogP contribution in [0.3, 0.4) is 0 Å². The lowest BCUT2D eigenvalue weighted by molar-refractivity contribution is -0.137. The minimum absolute atomic E-state index is 0.0250. The topological polar surface area (TPSA) is 61.3 Å². The largest absolute Gasteiger partial charge is 0.416 e. The van der Waals surface area contributed by atoms with Crippen molar-refractivity contribution < 1.29 is 17.6 Å². The lowest BCUT2D eigenvalue weighted by Crippen LogP contribution is -2.32. The zero-order valence-electron chi connectivity index (χ0n) is 25.3. The summed E-state index contributed by atoms with van der Waals surface area (Å²) in [6.07, 6.45) is 1.63. The number of rotatable bonds is 12. The molecule has 2 saturated carbocycles. The fourth-order valence-electron chi connectivity index (χ4n) is 5.61. The van der Waals surface area contributed by atoms with E-state index in [1.165, 1.54) is 38.1 Å². The highest BCUT2D eigenvalue weighted by atomic mass is 19.4. The maximum atomic E-state index is 13.8. The predicted octanol–water partition coefficient (Wildman–Crippen LogP) is 7.12. The van der Waals surface area contributed by atoms with Gasteiger partial charge >= 0.3 is 6.18 Å². The molecular weight excluding hydrogens is 570 g/mol. The Balaban J connectivity index is 1.46. The summed E-state index contributed by atoms with van der Waals surface area (Å²) in [4.78, 5) is 24.6. The Morgan fingerprint density at radius 1 is 0.818 bits per heavy atom. The summed E-state index contributed by atoms with van der Waals surface area (Å²) in [5.74, 6) is 2.91. The highest BCUT2D eigenvalue weighted by molar-refractivity contribution is 5.84. The summed E-state index contributed by atoms with van der Waals surface area (Å²) in [6, 6.07) is 11.7. The molecule has 6 rings (SSSR count). The molecule has 0 N–H and O–H groups in total. The first-order valence-corrected chi connectivity index (χ1v) is 15.1. The quantitative estimate of drug-likeness (QED) is 0.159. The Morgan fingerprint density at radius 3 is 2.14 bits per heavy atom. The molecule has 0 saturated heterocycles. The molecule has 0 radical (unpaired) electrons. The van der Waals surface area contributed by atoms with Crippen LogP contribution in [0.25, 0.3) is 10.9 Å². The third-order valence-electron chi connectivity index (χ3n) is 8.25. The third-order valence-corrected chi connectivity index (χ3v) is 8.25. The van der Waals surface area contributed by atoms with Crippen LogP contribution in [-0.4, -0.2) is 47.1 Å². The van der Waals surface area contributed by atoms with Crippen LogP contribution in [0.4, 0.5) is 35.3 Å². The smallest absolute Gasteiger partial charge is 0.356 e. The van der Waals surface area contributed by atoms with E-state index >= 15 is 0 Å². The molecule has 2 fully saturated rings. The Bertz CT molecular complexity index is 1620. The number of hydrogen-bond donors (Lipinski definition) is 0. The third kappa shape index (κ3) is 7.03. The number of aryl methyl sites for hydroxylation is 1. The van der Waals surface area contributed by atoms with Crippen LogP contribution in [0.5, 0.6) is 0 Å². The number of fused-ring (bicyclic) bond motifs is 1. The van der Waals surface area contributed by atoms with Crippen molar-refractivity contribution in [2.24, 2.45) is 11.8 Å². The van der Waals surface area contributed by atoms with Gasteiger partial charge in [-0.2, -0.15) is 18.2 Å². The Kier molecular flexibility index (Phi) is 8.30. The SMILES string of the molecule is Cc1cccc2cc(CN(Cc3cc(CF)cc(C(F)(F)F)c3)c3ncnc(N(C)C)n3)c(N(CC3CC3)CC3CC3)nc12. The highest BCUT2D eigenvalue weighted by Gasteiger charge is 2.33. The van der Waals surface area contributed by atoms with Crippen molar-refractivity contribution in [3.05, 3.63) is 76.6 Å². The van der Waals surface area contributed by atoms with E-state index in [4.69, 9.17) is 4.98 Å². The van der Waals surface area contributed by atoms with Gasteiger partial charge in [0.05, 0.1) is 11.1 Å². The molecule has 2 aromatic heterocycles. The standard InChI is InChI=1S/C33H37F4N7/c1-21-5-4-6-26-14-27(30(40-29(21)26)43(16-22-7-8-22)17-23-9-10-23)19-44(32-39-20-38-31(41-32)42(2)3)18-25-11-24(15-34)12-28(13-25)33(35,36)37/h4-6,11-14,20,22-23H,7-10,15-19H2,1-3H3. The van der Waals surface area contributed by atoms with Crippen molar-refractivity contribution >= 4 is 28.6 Å². The molecular formula is C33H37F4N7. The highest BCUT2D eigenvalue weighted by Crippen LogP contribution is 2.38. The molecule has 2 aliphatic carbocycles. The van der Waals surface area contributed by atoms with Crippen molar-refractivity contribution in [1.82, 2.24) is 19.9 Å². The van der Waals surface area contributed by atoms with Crippen molar-refractivity contribution in [1.29, 1.82) is 0 Å². The molecule has 0 unspecified atom stereocenters. The molecule has 0 aliphatic heterocycles. The van der Waals surface area contributed by atoms with Gasteiger partial charge < -0.3 is 14.7 Å². The van der Waals surface area contributed by atoms with E-state index in [0.29, 0.717) is 29.3 Å². The van der Waals surface area contributed by atoms with Crippen molar-refractivity contribution in [2.75, 3.05) is 41.9 Å². The summed E-state index contributed by atoms with van der Waals surface area (Å²) in [5.41, 5.74) is 2.38. The maximum absolute atomic E-state index is 13.8. The fourth-order valence-corrected chi connectivity index (χ4v) is 5.61. The van der Waals surface area contributed by atoms with Gasteiger partial charge in [0.15, 0.2) is 0 Å². The summed E-state index contributed by atoms with van der Waals surface area (Å²) >= 11 is 0. The average molecular weight is 608 g/mol. The molecule has 2 heterocycles. The Labute approximate surface area is 255 Å². The van der Waals surface area contributed by atoms with E-state index in [9.17, 15) is 17.6 Å². The van der Waals surface area contributed by atoms with Gasteiger partial charge in [-0.05, 0) is 79.3 Å². The van der Waals surface area contributed by atoms with Gasteiger partial charge in [-0.3, -0.25) is 0 Å². The van der Waals surface area contributed by atoms with Crippen molar-refractivity contribution in [2.45, 2.75) is 58.5 Å². The lowest BCUT2D eigenvalue weighted by Gasteiger charge is -2.30. The van der Waals surface area contributed by atoms with Crippen LogP contribution in [0.15, 0.2) is 48.8 Å². The number of anilines is 3. The molecule has 44 heavy (non-hydrogen) atoms. The molecule has 2 aliphatic rings. The van der Waals surface area contributed by atoms with Crippen molar-refractivity contribution in [3.8, 4) is 0 Å². The van der Waals surface area contributed by atoms with Crippen LogP contribution >= 0.6 is 0 Å². The van der Waals surface area contributed by atoms with E-state index in [0.717, 1.165) is 53.1 Å². The number of pyridine rings is 1. The number of hydrogen-bond acceptors (Lipinski definition) is 7. The van der Waals surface area contributed by atoms with Gasteiger partial charge in [0.1, 0.15) is 18.8 Å². The average Bonchev–Trinajstić information content (AvgIpc) is 3.93. The lowest BCUT2D eigenvalue weighted by atomic mass is 10.0. The number of halogens is 4. The van der Waals surface area contributed by atoms with Gasteiger partial charge in [0.25, 0.3) is 0 Å². The first-order chi connectivity index (χ1) is 21.1. The molecule has 11 heteroatoms. The first-order valence-electron chi connectivity index (χ1n) is 15.1. The molecule has 2 aromatic carbocycles. The molecule has 0 atom stereocenters. The first kappa shape index (κ1) is 30.0. The number of para-hydroxylation sites is 1. The van der Waals surface area contributed by atoms with Gasteiger partial charge in [-0.1, -0.05) is 24.3 Å². The molecule has 0 amide bonds. The van der Waals surface area contributed by atoms with E-state index in [1.807, 2.05) is 31.1 Å². The minimum atomic E-state index is -4.60. The van der Waals surface area contributed by atoms with E-state index in [-0.39, 0.29) is 18.7 Å². The monoisotopic (exact) mass is 607 g/mol. The van der Waals surface area contributed by atoms with Crippen molar-refractivity contribution in [3.63, 3.8) is 0 Å². The van der Waals surface area contributed by atoms with E-state index < -0.39 is 18.4 Å². The second-order valence-corrected chi connectivity index (χ2v) is 12.4. The minimum Gasteiger partial charge on any atom is -0.356 e.